The molecule has 1 aromatic rings. The molecule has 0 saturated carbocycles. The normalized spacial score (nSPS) is 15.6. The Morgan fingerprint density at radius 2 is 1.62 bits per heavy atom. The van der Waals surface area contributed by atoms with Gasteiger partial charge in [-0.2, -0.15) is 0 Å². The predicted molar refractivity (Wildman–Crippen MR) is 57.5 cm³/mol. The van der Waals surface area contributed by atoms with E-state index >= 15 is 0 Å². The highest BCUT2D eigenvalue weighted by Crippen LogP contribution is 2.34. The van der Waals surface area contributed by atoms with Crippen LogP contribution in [-0.2, 0) is 9.59 Å². The van der Waals surface area contributed by atoms with E-state index in [0.717, 1.165) is 0 Å². The average Bonchev–Trinajstić information content (AvgIpc) is 2.44. The van der Waals surface area contributed by atoms with Crippen LogP contribution in [0.1, 0.15) is 0 Å². The summed E-state index contributed by atoms with van der Waals surface area (Å²) >= 11 is 11.6. The van der Waals surface area contributed by atoms with Crippen LogP contribution in [-0.4, -0.2) is 17.8 Å². The molecule has 1 heterocycles. The first-order chi connectivity index (χ1) is 7.52. The fourth-order valence-electron chi connectivity index (χ4n) is 1.31. The SMILES string of the molecule is O=C1NC(=O)N(c2c(Cl)cccc2Cl)C1=O. The molecule has 1 fully saturated rings. The first-order valence-electron chi connectivity index (χ1n) is 4.16. The van der Waals surface area contributed by atoms with E-state index in [9.17, 15) is 14.4 Å². The van der Waals surface area contributed by atoms with E-state index in [-0.39, 0.29) is 15.7 Å². The minimum absolute atomic E-state index is 0.0131. The summed E-state index contributed by atoms with van der Waals surface area (Å²) in [5, 5.41) is 2.08. The largest absolute Gasteiger partial charge is 0.336 e. The van der Waals surface area contributed by atoms with E-state index in [0.29, 0.717) is 4.90 Å². The molecule has 4 amide bonds. The van der Waals surface area contributed by atoms with Crippen molar-refractivity contribution in [2.75, 3.05) is 4.90 Å². The lowest BCUT2D eigenvalue weighted by Crippen LogP contribution is -2.31. The van der Waals surface area contributed by atoms with Crippen molar-refractivity contribution in [2.24, 2.45) is 0 Å². The molecule has 82 valence electrons. The third-order valence-electron chi connectivity index (χ3n) is 1.98. The van der Waals surface area contributed by atoms with Gasteiger partial charge >= 0.3 is 17.8 Å². The summed E-state index contributed by atoms with van der Waals surface area (Å²) in [5.41, 5.74) is 0.0131. The van der Waals surface area contributed by atoms with Crippen LogP contribution in [0.4, 0.5) is 10.5 Å². The van der Waals surface area contributed by atoms with Crippen molar-refractivity contribution in [2.45, 2.75) is 0 Å². The summed E-state index contributed by atoms with van der Waals surface area (Å²) in [6.07, 6.45) is 0. The van der Waals surface area contributed by atoms with Crippen LogP contribution in [0, 0.1) is 0 Å². The van der Waals surface area contributed by atoms with Crippen LogP contribution >= 0.6 is 23.2 Å². The maximum absolute atomic E-state index is 11.4. The van der Waals surface area contributed by atoms with Gasteiger partial charge in [-0.05, 0) is 12.1 Å². The van der Waals surface area contributed by atoms with Crippen LogP contribution in [0.15, 0.2) is 18.2 Å². The monoisotopic (exact) mass is 258 g/mol. The van der Waals surface area contributed by atoms with E-state index in [2.05, 4.69) is 0 Å². The molecule has 7 heteroatoms. The molecule has 1 aliphatic heterocycles. The number of urea groups is 1. The van der Waals surface area contributed by atoms with E-state index in [1.807, 2.05) is 5.32 Å². The molecule has 0 spiro atoms. The van der Waals surface area contributed by atoms with Gasteiger partial charge in [0.2, 0.25) is 0 Å². The number of benzene rings is 1. The number of carbonyl (C=O) groups is 3. The Labute approximate surface area is 99.9 Å². The number of halogens is 2. The zero-order valence-electron chi connectivity index (χ0n) is 7.66. The molecule has 1 aromatic carbocycles. The van der Waals surface area contributed by atoms with Gasteiger partial charge in [0.25, 0.3) is 0 Å². The summed E-state index contributed by atoms with van der Waals surface area (Å²) in [5.74, 6) is -2.00. The second-order valence-corrected chi connectivity index (χ2v) is 3.78. The molecule has 1 N–H and O–H groups in total. The zero-order chi connectivity index (χ0) is 11.9. The second-order valence-electron chi connectivity index (χ2n) is 2.97. The maximum Gasteiger partial charge on any atom is 0.336 e. The van der Waals surface area contributed by atoms with Gasteiger partial charge in [-0.15, -0.1) is 0 Å². The van der Waals surface area contributed by atoms with Gasteiger partial charge in [-0.25, -0.2) is 9.69 Å². The van der Waals surface area contributed by atoms with Crippen LogP contribution in [0.2, 0.25) is 10.0 Å². The van der Waals surface area contributed by atoms with Crippen LogP contribution < -0.4 is 10.2 Å². The molecule has 5 nitrogen and oxygen atoms in total. The molecule has 1 saturated heterocycles. The Bertz CT molecular complexity index is 495. The number of carbonyl (C=O) groups excluding carboxylic acids is 3. The Morgan fingerprint density at radius 1 is 1.06 bits per heavy atom. The van der Waals surface area contributed by atoms with Crippen molar-refractivity contribution in [3.05, 3.63) is 28.2 Å². The minimum atomic E-state index is -1.000. The highest BCUT2D eigenvalue weighted by Gasteiger charge is 2.39. The van der Waals surface area contributed by atoms with Crippen LogP contribution in [0.3, 0.4) is 0 Å². The van der Waals surface area contributed by atoms with Crippen LogP contribution in [0.5, 0.6) is 0 Å². The van der Waals surface area contributed by atoms with Crippen molar-refractivity contribution in [3.8, 4) is 0 Å². The minimum Gasteiger partial charge on any atom is -0.269 e. The molecule has 0 radical (unpaired) electrons. The van der Waals surface area contributed by atoms with Crippen molar-refractivity contribution >= 4 is 46.7 Å². The van der Waals surface area contributed by atoms with Gasteiger partial charge in [0.05, 0.1) is 15.7 Å². The number of hydrogen-bond donors (Lipinski definition) is 1. The summed E-state index contributed by atoms with van der Waals surface area (Å²) in [6.45, 7) is 0. The molecular formula is C9H4Cl2N2O3. The highest BCUT2D eigenvalue weighted by atomic mass is 35.5. The molecule has 0 bridgehead atoms. The zero-order valence-corrected chi connectivity index (χ0v) is 9.17. The lowest BCUT2D eigenvalue weighted by Gasteiger charge is -2.14. The summed E-state index contributed by atoms with van der Waals surface area (Å²) < 4.78 is 0. The van der Waals surface area contributed by atoms with E-state index in [1.165, 1.54) is 12.1 Å². The Kier molecular flexibility index (Phi) is 2.57. The van der Waals surface area contributed by atoms with Crippen molar-refractivity contribution in [3.63, 3.8) is 0 Å². The number of rotatable bonds is 1. The van der Waals surface area contributed by atoms with E-state index in [1.54, 1.807) is 6.07 Å². The number of hydrogen-bond acceptors (Lipinski definition) is 3. The number of amides is 4. The quantitative estimate of drug-likeness (QED) is 0.615. The summed E-state index contributed by atoms with van der Waals surface area (Å²) in [7, 11) is 0. The molecule has 2 rings (SSSR count). The fraction of sp³-hybridized carbons (Fsp3) is 0. The van der Waals surface area contributed by atoms with Crippen molar-refractivity contribution < 1.29 is 14.4 Å². The number of nitrogens with one attached hydrogen (secondary N) is 1. The smallest absolute Gasteiger partial charge is 0.269 e. The number of para-hydroxylation sites is 1. The van der Waals surface area contributed by atoms with Gasteiger partial charge in [0, 0.05) is 0 Å². The van der Waals surface area contributed by atoms with Crippen molar-refractivity contribution in [1.29, 1.82) is 0 Å². The predicted octanol–water partition coefficient (Wildman–Crippen LogP) is 1.58. The first kappa shape index (κ1) is 10.9. The third-order valence-corrected chi connectivity index (χ3v) is 2.59. The third kappa shape index (κ3) is 1.54. The molecule has 1 aliphatic rings. The summed E-state index contributed by atoms with van der Waals surface area (Å²) in [6, 6.07) is 3.64. The van der Waals surface area contributed by atoms with Gasteiger partial charge in [0.15, 0.2) is 0 Å². The molecule has 0 unspecified atom stereocenters. The Morgan fingerprint density at radius 3 is 2.06 bits per heavy atom. The van der Waals surface area contributed by atoms with Gasteiger partial charge in [-0.3, -0.25) is 14.9 Å². The van der Waals surface area contributed by atoms with E-state index in [4.69, 9.17) is 23.2 Å². The number of anilines is 1. The maximum atomic E-state index is 11.4. The van der Waals surface area contributed by atoms with Crippen molar-refractivity contribution in [1.82, 2.24) is 5.32 Å². The topological polar surface area (TPSA) is 66.5 Å². The van der Waals surface area contributed by atoms with Gasteiger partial charge in [-0.1, -0.05) is 29.3 Å². The highest BCUT2D eigenvalue weighted by molar-refractivity contribution is 6.55. The first-order valence-corrected chi connectivity index (χ1v) is 4.91. The summed E-state index contributed by atoms with van der Waals surface area (Å²) in [4.78, 5) is 34.4. The van der Waals surface area contributed by atoms with E-state index < -0.39 is 17.8 Å². The molecule has 0 atom stereocenters. The average molecular weight is 259 g/mol. The lowest BCUT2D eigenvalue weighted by atomic mass is 10.3. The van der Waals surface area contributed by atoms with Gasteiger partial charge < -0.3 is 0 Å². The number of nitrogens with zero attached hydrogens (tertiary/aromatic N) is 1. The van der Waals surface area contributed by atoms with Crippen LogP contribution in [0.25, 0.3) is 0 Å². The number of imide groups is 2. The molecular weight excluding hydrogens is 255 g/mol. The Hall–Kier alpha value is -1.59. The molecule has 0 aromatic heterocycles. The molecule has 0 aliphatic carbocycles. The lowest BCUT2D eigenvalue weighted by molar-refractivity contribution is -0.134. The second kappa shape index (κ2) is 3.77. The standard InChI is InChI=1S/C9H4Cl2N2O3/c10-4-2-1-3-5(11)6(4)13-8(15)7(14)12-9(13)16/h1-3H,(H,12,14,16). The Balaban J connectivity index is 2.57. The molecule has 16 heavy (non-hydrogen) atoms. The fourth-order valence-corrected chi connectivity index (χ4v) is 1.87. The van der Waals surface area contributed by atoms with Gasteiger partial charge in [0.1, 0.15) is 0 Å².